The van der Waals surface area contributed by atoms with Crippen molar-refractivity contribution in [3.05, 3.63) is 0 Å². The number of carbonyl (C=O) groups is 2. The first-order valence-corrected chi connectivity index (χ1v) is 5.29. The third kappa shape index (κ3) is 3.35. The number of halogens is 1. The van der Waals surface area contributed by atoms with Crippen molar-refractivity contribution in [3.63, 3.8) is 0 Å². The normalized spacial score (nSPS) is 23.4. The van der Waals surface area contributed by atoms with Gasteiger partial charge in [0.05, 0.1) is 19.3 Å². The van der Waals surface area contributed by atoms with Crippen molar-refractivity contribution in [1.82, 2.24) is 10.2 Å². The number of morpholine rings is 1. The standard InChI is InChI=1S/C9H15ClN2O3/c1-6-5-15-4-3-12(6)9(14)11-8(13)7(2)10/h6-7H,3-5H2,1-2H3,(H,11,13,14). The van der Waals surface area contributed by atoms with Crippen molar-refractivity contribution >= 4 is 23.5 Å². The van der Waals surface area contributed by atoms with Crippen LogP contribution in [0.25, 0.3) is 0 Å². The number of imide groups is 1. The number of nitrogens with zero attached hydrogens (tertiary/aromatic N) is 1. The fraction of sp³-hybridized carbons (Fsp3) is 0.778. The van der Waals surface area contributed by atoms with Crippen LogP contribution in [-0.4, -0.2) is 48.0 Å². The molecule has 1 aliphatic heterocycles. The molecule has 0 bridgehead atoms. The largest absolute Gasteiger partial charge is 0.377 e. The molecule has 0 aromatic carbocycles. The first kappa shape index (κ1) is 12.3. The Kier molecular flexibility index (Phi) is 4.35. The van der Waals surface area contributed by atoms with Gasteiger partial charge >= 0.3 is 6.03 Å². The molecule has 0 radical (unpaired) electrons. The molecule has 0 saturated carbocycles. The minimum absolute atomic E-state index is 0.0165. The Morgan fingerprint density at radius 2 is 2.27 bits per heavy atom. The number of hydrogen-bond acceptors (Lipinski definition) is 3. The Balaban J connectivity index is 2.48. The molecule has 6 heteroatoms. The predicted octanol–water partition coefficient (Wildman–Crippen LogP) is 0.571. The van der Waals surface area contributed by atoms with Gasteiger partial charge in [0.1, 0.15) is 5.38 Å². The van der Waals surface area contributed by atoms with Crippen LogP contribution in [0.1, 0.15) is 13.8 Å². The summed E-state index contributed by atoms with van der Waals surface area (Å²) in [6.07, 6.45) is 0. The summed E-state index contributed by atoms with van der Waals surface area (Å²) in [5.41, 5.74) is 0. The molecule has 0 aromatic rings. The highest BCUT2D eigenvalue weighted by Gasteiger charge is 2.25. The maximum atomic E-state index is 11.6. The minimum atomic E-state index is -0.703. The minimum Gasteiger partial charge on any atom is -0.377 e. The number of rotatable bonds is 1. The molecule has 15 heavy (non-hydrogen) atoms. The summed E-state index contributed by atoms with van der Waals surface area (Å²) < 4.78 is 5.18. The van der Waals surface area contributed by atoms with Gasteiger partial charge in [-0.2, -0.15) is 0 Å². The number of hydrogen-bond donors (Lipinski definition) is 1. The van der Waals surface area contributed by atoms with E-state index in [1.54, 1.807) is 4.90 Å². The number of ether oxygens (including phenoxy) is 1. The molecule has 2 unspecified atom stereocenters. The van der Waals surface area contributed by atoms with E-state index in [0.29, 0.717) is 19.8 Å². The van der Waals surface area contributed by atoms with Gasteiger partial charge in [-0.15, -0.1) is 11.6 Å². The van der Waals surface area contributed by atoms with E-state index < -0.39 is 17.3 Å². The SMILES string of the molecule is CC(Cl)C(=O)NC(=O)N1CCOCC1C. The topological polar surface area (TPSA) is 58.6 Å². The third-order valence-electron chi connectivity index (χ3n) is 2.22. The molecule has 0 aromatic heterocycles. The molecular formula is C9H15ClN2O3. The molecule has 1 N–H and O–H groups in total. The van der Waals surface area contributed by atoms with Crippen molar-refractivity contribution in [2.75, 3.05) is 19.8 Å². The molecule has 0 spiro atoms. The van der Waals surface area contributed by atoms with Crippen LogP contribution >= 0.6 is 11.6 Å². The molecule has 1 aliphatic rings. The van der Waals surface area contributed by atoms with Crippen LogP contribution in [0, 0.1) is 0 Å². The van der Waals surface area contributed by atoms with E-state index in [1.807, 2.05) is 6.92 Å². The highest BCUT2D eigenvalue weighted by molar-refractivity contribution is 6.31. The van der Waals surface area contributed by atoms with E-state index in [-0.39, 0.29) is 6.04 Å². The predicted molar refractivity (Wildman–Crippen MR) is 55.8 cm³/mol. The molecular weight excluding hydrogens is 220 g/mol. The molecule has 5 nitrogen and oxygen atoms in total. The van der Waals surface area contributed by atoms with Gasteiger partial charge in [-0.3, -0.25) is 10.1 Å². The maximum Gasteiger partial charge on any atom is 0.324 e. The molecule has 86 valence electrons. The van der Waals surface area contributed by atoms with Crippen molar-refractivity contribution in [1.29, 1.82) is 0 Å². The molecule has 1 saturated heterocycles. The first-order valence-electron chi connectivity index (χ1n) is 4.85. The zero-order chi connectivity index (χ0) is 11.4. The monoisotopic (exact) mass is 234 g/mol. The van der Waals surface area contributed by atoms with E-state index >= 15 is 0 Å². The molecule has 0 aliphatic carbocycles. The molecule has 3 amide bonds. The summed E-state index contributed by atoms with van der Waals surface area (Å²) in [7, 11) is 0. The van der Waals surface area contributed by atoms with Gasteiger partial charge in [-0.25, -0.2) is 4.79 Å². The second-order valence-electron chi connectivity index (χ2n) is 3.53. The fourth-order valence-corrected chi connectivity index (χ4v) is 1.36. The van der Waals surface area contributed by atoms with Gasteiger partial charge in [0.2, 0.25) is 5.91 Å². The maximum absolute atomic E-state index is 11.6. The Bertz CT molecular complexity index is 258. The zero-order valence-electron chi connectivity index (χ0n) is 8.83. The summed E-state index contributed by atoms with van der Waals surface area (Å²) in [4.78, 5) is 24.4. The summed E-state index contributed by atoms with van der Waals surface area (Å²) in [6, 6.07) is -0.416. The molecule has 1 rings (SSSR count). The quantitative estimate of drug-likeness (QED) is 0.675. The first-order chi connectivity index (χ1) is 7.02. The Labute approximate surface area is 93.7 Å². The summed E-state index contributed by atoms with van der Waals surface area (Å²) in [6.45, 7) is 4.89. The number of urea groups is 1. The van der Waals surface area contributed by atoms with Gasteiger partial charge in [-0.05, 0) is 13.8 Å². The number of nitrogens with one attached hydrogen (secondary N) is 1. The Morgan fingerprint density at radius 3 is 2.80 bits per heavy atom. The van der Waals surface area contributed by atoms with Crippen LogP contribution in [-0.2, 0) is 9.53 Å². The van der Waals surface area contributed by atoms with Crippen LogP contribution in [0.2, 0.25) is 0 Å². The van der Waals surface area contributed by atoms with Gasteiger partial charge in [-0.1, -0.05) is 0 Å². The van der Waals surface area contributed by atoms with E-state index in [9.17, 15) is 9.59 Å². The average Bonchev–Trinajstić information content (AvgIpc) is 2.18. The van der Waals surface area contributed by atoms with Crippen LogP contribution in [0.4, 0.5) is 4.79 Å². The van der Waals surface area contributed by atoms with Crippen molar-refractivity contribution < 1.29 is 14.3 Å². The summed E-state index contributed by atoms with van der Waals surface area (Å²) >= 11 is 5.54. The molecule has 2 atom stereocenters. The van der Waals surface area contributed by atoms with Gasteiger partial charge in [0.15, 0.2) is 0 Å². The van der Waals surface area contributed by atoms with Gasteiger partial charge in [0.25, 0.3) is 0 Å². The highest BCUT2D eigenvalue weighted by Crippen LogP contribution is 2.06. The number of amides is 3. The second-order valence-corrected chi connectivity index (χ2v) is 4.18. The van der Waals surface area contributed by atoms with E-state index in [4.69, 9.17) is 16.3 Å². The average molecular weight is 235 g/mol. The molecule has 1 fully saturated rings. The van der Waals surface area contributed by atoms with Crippen molar-refractivity contribution in [3.8, 4) is 0 Å². The van der Waals surface area contributed by atoms with E-state index in [1.165, 1.54) is 6.92 Å². The number of alkyl halides is 1. The van der Waals surface area contributed by atoms with Gasteiger partial charge < -0.3 is 9.64 Å². The highest BCUT2D eigenvalue weighted by atomic mass is 35.5. The third-order valence-corrected chi connectivity index (χ3v) is 2.42. The summed E-state index contributed by atoms with van der Waals surface area (Å²) in [5, 5.41) is 1.54. The summed E-state index contributed by atoms with van der Waals surface area (Å²) in [5.74, 6) is -0.472. The smallest absolute Gasteiger partial charge is 0.324 e. The zero-order valence-corrected chi connectivity index (χ0v) is 9.58. The van der Waals surface area contributed by atoms with E-state index in [2.05, 4.69) is 5.32 Å². The molecule has 1 heterocycles. The van der Waals surface area contributed by atoms with Crippen LogP contribution in [0.5, 0.6) is 0 Å². The lowest BCUT2D eigenvalue weighted by Gasteiger charge is -2.33. The van der Waals surface area contributed by atoms with Crippen LogP contribution < -0.4 is 5.32 Å². The fourth-order valence-electron chi connectivity index (χ4n) is 1.31. The lowest BCUT2D eigenvalue weighted by Crippen LogP contribution is -2.53. The lowest BCUT2D eigenvalue weighted by molar-refractivity contribution is -0.119. The number of carbonyl (C=O) groups excluding carboxylic acids is 2. The van der Waals surface area contributed by atoms with Crippen molar-refractivity contribution in [2.24, 2.45) is 0 Å². The Morgan fingerprint density at radius 1 is 1.60 bits per heavy atom. The van der Waals surface area contributed by atoms with Crippen LogP contribution in [0.15, 0.2) is 0 Å². The van der Waals surface area contributed by atoms with Gasteiger partial charge in [0, 0.05) is 6.54 Å². The Hall–Kier alpha value is -0.810. The van der Waals surface area contributed by atoms with E-state index in [0.717, 1.165) is 0 Å². The van der Waals surface area contributed by atoms with Crippen molar-refractivity contribution in [2.45, 2.75) is 25.3 Å². The lowest BCUT2D eigenvalue weighted by atomic mass is 10.3. The second kappa shape index (κ2) is 5.32. The van der Waals surface area contributed by atoms with Crippen LogP contribution in [0.3, 0.4) is 0 Å².